The number of imidazole rings is 1. The van der Waals surface area contributed by atoms with Gasteiger partial charge in [-0.25, -0.2) is 4.98 Å². The number of nitrogens with zero attached hydrogens (tertiary/aromatic N) is 3. The molecule has 1 fully saturated rings. The summed E-state index contributed by atoms with van der Waals surface area (Å²) in [4.78, 5) is 18.9. The molecule has 0 saturated carbocycles. The highest BCUT2D eigenvalue weighted by molar-refractivity contribution is 7.15. The van der Waals surface area contributed by atoms with E-state index in [9.17, 15) is 9.90 Å². The van der Waals surface area contributed by atoms with E-state index in [0.717, 1.165) is 10.7 Å². The van der Waals surface area contributed by atoms with Crippen LogP contribution in [0.1, 0.15) is 12.1 Å². The van der Waals surface area contributed by atoms with Crippen LogP contribution in [0.3, 0.4) is 0 Å². The van der Waals surface area contributed by atoms with Crippen LogP contribution < -0.4 is 0 Å². The smallest absolute Gasteiger partial charge is 0.228 e. The molecule has 3 heterocycles. The van der Waals surface area contributed by atoms with Crippen LogP contribution in [-0.2, 0) is 11.2 Å². The normalized spacial score (nSPS) is 20.3. The van der Waals surface area contributed by atoms with Gasteiger partial charge in [0.15, 0.2) is 4.96 Å². The Balaban J connectivity index is 1.70. The lowest BCUT2D eigenvalue weighted by Crippen LogP contribution is -2.30. The molecule has 90 valence electrons. The molecule has 1 saturated heterocycles. The second-order valence-corrected chi connectivity index (χ2v) is 5.16. The highest BCUT2D eigenvalue weighted by atomic mass is 32.1. The van der Waals surface area contributed by atoms with Gasteiger partial charge < -0.3 is 10.0 Å². The number of rotatable bonds is 2. The molecular formula is C11H13N3O2S. The maximum Gasteiger partial charge on any atom is 0.228 e. The summed E-state index contributed by atoms with van der Waals surface area (Å²) in [6, 6.07) is 0. The molecule has 1 atom stereocenters. The fourth-order valence-electron chi connectivity index (χ4n) is 2.10. The van der Waals surface area contributed by atoms with Crippen LogP contribution in [0.15, 0.2) is 17.8 Å². The van der Waals surface area contributed by atoms with E-state index in [-0.39, 0.29) is 12.0 Å². The molecular weight excluding hydrogens is 238 g/mol. The van der Waals surface area contributed by atoms with E-state index in [4.69, 9.17) is 0 Å². The van der Waals surface area contributed by atoms with Gasteiger partial charge in [-0.05, 0) is 6.42 Å². The highest BCUT2D eigenvalue weighted by Crippen LogP contribution is 2.14. The zero-order valence-corrected chi connectivity index (χ0v) is 10.1. The molecule has 6 heteroatoms. The maximum absolute atomic E-state index is 11.9. The van der Waals surface area contributed by atoms with E-state index in [2.05, 4.69) is 4.98 Å². The summed E-state index contributed by atoms with van der Waals surface area (Å²) in [7, 11) is 0. The Labute approximate surface area is 102 Å². The van der Waals surface area contributed by atoms with E-state index >= 15 is 0 Å². The fraction of sp³-hybridized carbons (Fsp3) is 0.455. The summed E-state index contributed by atoms with van der Waals surface area (Å²) in [5, 5.41) is 11.3. The van der Waals surface area contributed by atoms with Crippen molar-refractivity contribution in [3.05, 3.63) is 23.5 Å². The second kappa shape index (κ2) is 4.12. The first-order chi connectivity index (χ1) is 8.22. The molecule has 2 aromatic heterocycles. The van der Waals surface area contributed by atoms with Crippen molar-refractivity contribution in [1.29, 1.82) is 0 Å². The number of hydrogen-bond acceptors (Lipinski definition) is 4. The van der Waals surface area contributed by atoms with Gasteiger partial charge in [0, 0.05) is 30.9 Å². The minimum Gasteiger partial charge on any atom is -0.391 e. The predicted molar refractivity (Wildman–Crippen MR) is 64.0 cm³/mol. The molecule has 3 rings (SSSR count). The van der Waals surface area contributed by atoms with Gasteiger partial charge in [-0.2, -0.15) is 0 Å². The van der Waals surface area contributed by atoms with Gasteiger partial charge in [0.2, 0.25) is 5.91 Å². The third kappa shape index (κ3) is 2.05. The quantitative estimate of drug-likeness (QED) is 0.847. The van der Waals surface area contributed by atoms with Crippen LogP contribution in [0, 0.1) is 0 Å². The topological polar surface area (TPSA) is 57.8 Å². The zero-order valence-electron chi connectivity index (χ0n) is 9.24. The van der Waals surface area contributed by atoms with Gasteiger partial charge in [-0.15, -0.1) is 11.3 Å². The monoisotopic (exact) mass is 251 g/mol. The summed E-state index contributed by atoms with van der Waals surface area (Å²) in [6.07, 6.45) is 4.46. The van der Waals surface area contributed by atoms with Crippen molar-refractivity contribution in [2.24, 2.45) is 0 Å². The first-order valence-corrected chi connectivity index (χ1v) is 6.47. The van der Waals surface area contributed by atoms with Gasteiger partial charge >= 0.3 is 0 Å². The lowest BCUT2D eigenvalue weighted by atomic mass is 10.3. The fourth-order valence-corrected chi connectivity index (χ4v) is 2.82. The number of carbonyl (C=O) groups is 1. The molecule has 1 amide bonds. The van der Waals surface area contributed by atoms with Crippen molar-refractivity contribution >= 4 is 22.2 Å². The van der Waals surface area contributed by atoms with Crippen molar-refractivity contribution < 1.29 is 9.90 Å². The minimum atomic E-state index is -0.357. The Bertz CT molecular complexity index is 519. The van der Waals surface area contributed by atoms with E-state index in [1.165, 1.54) is 0 Å². The molecule has 0 aliphatic carbocycles. The predicted octanol–water partition coefficient (Wildman–Crippen LogP) is 0.532. The van der Waals surface area contributed by atoms with E-state index in [1.807, 2.05) is 22.2 Å². The molecule has 1 unspecified atom stereocenters. The van der Waals surface area contributed by atoms with E-state index in [1.54, 1.807) is 16.2 Å². The molecule has 0 bridgehead atoms. The minimum absolute atomic E-state index is 0.0484. The van der Waals surface area contributed by atoms with Gasteiger partial charge in [0.1, 0.15) is 0 Å². The third-order valence-electron chi connectivity index (χ3n) is 2.99. The van der Waals surface area contributed by atoms with Crippen LogP contribution in [0.2, 0.25) is 0 Å². The summed E-state index contributed by atoms with van der Waals surface area (Å²) in [5.74, 6) is 0.0484. The van der Waals surface area contributed by atoms with Crippen molar-refractivity contribution in [1.82, 2.24) is 14.3 Å². The number of β-amino-alcohol motifs (C(OH)–C–C–N with tert-alkyl or cyclic N) is 1. The Morgan fingerprint density at radius 1 is 1.65 bits per heavy atom. The van der Waals surface area contributed by atoms with Gasteiger partial charge in [-0.3, -0.25) is 9.20 Å². The molecule has 1 aliphatic rings. The Morgan fingerprint density at radius 2 is 2.53 bits per heavy atom. The summed E-state index contributed by atoms with van der Waals surface area (Å²) in [5.41, 5.74) is 0.795. The average molecular weight is 251 g/mol. The molecule has 1 aliphatic heterocycles. The largest absolute Gasteiger partial charge is 0.391 e. The molecule has 2 aromatic rings. The number of carbonyl (C=O) groups excluding carboxylic acids is 1. The van der Waals surface area contributed by atoms with E-state index < -0.39 is 0 Å². The van der Waals surface area contributed by atoms with Crippen LogP contribution in [-0.4, -0.2) is 44.5 Å². The number of aliphatic hydroxyl groups excluding tert-OH is 1. The number of thiazole rings is 1. The SMILES string of the molecule is O=C(Cc1cn2ccsc2n1)N1CCC(O)C1. The lowest BCUT2D eigenvalue weighted by molar-refractivity contribution is -0.129. The number of aromatic nitrogens is 2. The average Bonchev–Trinajstić information content (AvgIpc) is 2.92. The standard InChI is InChI=1S/C11H13N3O2S/c15-9-1-2-13(7-9)10(16)5-8-6-14-3-4-17-11(14)12-8/h3-4,6,9,15H,1-2,5,7H2. The number of aliphatic hydroxyl groups is 1. The van der Waals surface area contributed by atoms with Crippen LogP contribution >= 0.6 is 11.3 Å². The van der Waals surface area contributed by atoms with Gasteiger partial charge in [0.25, 0.3) is 0 Å². The van der Waals surface area contributed by atoms with Crippen LogP contribution in [0.4, 0.5) is 0 Å². The van der Waals surface area contributed by atoms with Crippen LogP contribution in [0.5, 0.6) is 0 Å². The molecule has 0 aromatic carbocycles. The number of likely N-dealkylation sites (tertiary alicyclic amines) is 1. The van der Waals surface area contributed by atoms with Crippen molar-refractivity contribution in [2.45, 2.75) is 18.9 Å². The van der Waals surface area contributed by atoms with E-state index in [0.29, 0.717) is 25.9 Å². The molecule has 0 spiro atoms. The molecule has 5 nitrogen and oxygen atoms in total. The molecule has 17 heavy (non-hydrogen) atoms. The van der Waals surface area contributed by atoms with Crippen LogP contribution in [0.25, 0.3) is 4.96 Å². The number of amides is 1. The highest BCUT2D eigenvalue weighted by Gasteiger charge is 2.24. The van der Waals surface area contributed by atoms with Gasteiger partial charge in [0.05, 0.1) is 18.2 Å². The van der Waals surface area contributed by atoms with Crippen molar-refractivity contribution in [3.8, 4) is 0 Å². The Morgan fingerprint density at radius 3 is 3.24 bits per heavy atom. The molecule has 1 N–H and O–H groups in total. The third-order valence-corrected chi connectivity index (χ3v) is 3.76. The van der Waals surface area contributed by atoms with Gasteiger partial charge in [-0.1, -0.05) is 0 Å². The first kappa shape index (κ1) is 10.7. The lowest BCUT2D eigenvalue weighted by Gasteiger charge is -2.14. The van der Waals surface area contributed by atoms with Crippen molar-refractivity contribution in [3.63, 3.8) is 0 Å². The zero-order chi connectivity index (χ0) is 11.8. The Hall–Kier alpha value is -1.40. The second-order valence-electron chi connectivity index (χ2n) is 4.28. The summed E-state index contributed by atoms with van der Waals surface area (Å²) < 4.78 is 1.92. The van der Waals surface area contributed by atoms with Crippen molar-refractivity contribution in [2.75, 3.05) is 13.1 Å². The number of hydrogen-bond donors (Lipinski definition) is 1. The summed E-state index contributed by atoms with van der Waals surface area (Å²) >= 11 is 1.55. The number of fused-ring (bicyclic) bond motifs is 1. The Kier molecular flexibility index (Phi) is 2.60. The summed E-state index contributed by atoms with van der Waals surface area (Å²) in [6.45, 7) is 1.11. The maximum atomic E-state index is 11.9. The molecule has 0 radical (unpaired) electrons. The first-order valence-electron chi connectivity index (χ1n) is 5.59.